The van der Waals surface area contributed by atoms with Crippen LogP contribution in [0.3, 0.4) is 0 Å². The monoisotopic (exact) mass is 336 g/mol. The molecule has 0 radical (unpaired) electrons. The highest BCUT2D eigenvalue weighted by atomic mass is 16.5. The molecule has 0 unspecified atom stereocenters. The molecule has 1 aliphatic carbocycles. The Bertz CT molecular complexity index is 464. The van der Waals surface area contributed by atoms with E-state index in [0.29, 0.717) is 18.9 Å². The van der Waals surface area contributed by atoms with Gasteiger partial charge in [-0.2, -0.15) is 0 Å². The number of nitrogens with zero attached hydrogens (tertiary/aromatic N) is 2. The predicted molar refractivity (Wildman–Crippen MR) is 92.5 cm³/mol. The van der Waals surface area contributed by atoms with Crippen LogP contribution in [0.2, 0.25) is 0 Å². The van der Waals surface area contributed by atoms with Gasteiger partial charge in [0.25, 0.3) is 0 Å². The molecule has 1 spiro atoms. The summed E-state index contributed by atoms with van der Waals surface area (Å²) in [5.74, 6) is 1.17. The van der Waals surface area contributed by atoms with Crippen molar-refractivity contribution >= 4 is 11.8 Å². The van der Waals surface area contributed by atoms with Crippen LogP contribution in [0.1, 0.15) is 58.3 Å². The zero-order valence-corrected chi connectivity index (χ0v) is 15.1. The lowest BCUT2D eigenvalue weighted by Crippen LogP contribution is -2.55. The van der Waals surface area contributed by atoms with Crippen molar-refractivity contribution < 1.29 is 14.3 Å². The third-order valence-corrected chi connectivity index (χ3v) is 5.81. The highest BCUT2D eigenvalue weighted by Crippen LogP contribution is 2.40. The third kappa shape index (κ3) is 4.50. The van der Waals surface area contributed by atoms with Crippen LogP contribution in [0.5, 0.6) is 0 Å². The van der Waals surface area contributed by atoms with E-state index in [1.54, 1.807) is 0 Å². The van der Waals surface area contributed by atoms with Crippen molar-refractivity contribution in [3.05, 3.63) is 0 Å². The Labute approximate surface area is 145 Å². The zero-order chi connectivity index (χ0) is 17.0. The Morgan fingerprint density at radius 1 is 1.29 bits per heavy atom. The van der Waals surface area contributed by atoms with Gasteiger partial charge in [0.05, 0.1) is 0 Å². The molecule has 2 aliphatic heterocycles. The molecule has 2 amide bonds. The van der Waals surface area contributed by atoms with Crippen LogP contribution in [0.15, 0.2) is 0 Å². The van der Waals surface area contributed by atoms with Crippen molar-refractivity contribution in [3.63, 3.8) is 0 Å². The van der Waals surface area contributed by atoms with Crippen LogP contribution in [0.25, 0.3) is 0 Å². The largest absolute Gasteiger partial charge is 0.372 e. The second-order valence-electron chi connectivity index (χ2n) is 8.04. The van der Waals surface area contributed by atoms with E-state index in [1.165, 1.54) is 12.8 Å². The average Bonchev–Trinajstić information content (AvgIpc) is 3.39. The maximum Gasteiger partial charge on any atom is 0.248 e. The van der Waals surface area contributed by atoms with Gasteiger partial charge in [0.1, 0.15) is 6.61 Å². The van der Waals surface area contributed by atoms with E-state index in [1.807, 2.05) is 4.90 Å². The van der Waals surface area contributed by atoms with Crippen molar-refractivity contribution in [1.29, 1.82) is 0 Å². The molecule has 3 aliphatic rings. The number of amides is 2. The summed E-state index contributed by atoms with van der Waals surface area (Å²) < 4.78 is 5.51. The molecule has 136 valence electrons. The van der Waals surface area contributed by atoms with E-state index >= 15 is 0 Å². The number of ether oxygens (including phenoxy) is 1. The molecule has 0 bridgehead atoms. The van der Waals surface area contributed by atoms with Gasteiger partial charge in [-0.25, -0.2) is 0 Å². The standard InChI is InChI=1S/C19H32N2O3/c1-2-3-11-24-13-18(23)20-10-4-8-19(14-20)9-7-17(22)21(15-19)12-16-5-6-16/h16H,2-15H2,1H3/t19-/m0/s1. The molecule has 2 saturated heterocycles. The van der Waals surface area contributed by atoms with Crippen LogP contribution < -0.4 is 0 Å². The molecule has 5 nitrogen and oxygen atoms in total. The SMILES string of the molecule is CCCCOCC(=O)N1CCC[C@]2(CCC(=O)N(CC3CC3)C2)C1. The molecule has 2 heterocycles. The van der Waals surface area contributed by atoms with Crippen molar-refractivity contribution in [3.8, 4) is 0 Å². The predicted octanol–water partition coefficient (Wildman–Crippen LogP) is 2.44. The quantitative estimate of drug-likeness (QED) is 0.671. The van der Waals surface area contributed by atoms with E-state index < -0.39 is 0 Å². The van der Waals surface area contributed by atoms with Gasteiger partial charge >= 0.3 is 0 Å². The zero-order valence-electron chi connectivity index (χ0n) is 15.1. The van der Waals surface area contributed by atoms with Crippen LogP contribution in [0.4, 0.5) is 0 Å². The summed E-state index contributed by atoms with van der Waals surface area (Å²) >= 11 is 0. The summed E-state index contributed by atoms with van der Waals surface area (Å²) in [6.45, 7) is 6.44. The van der Waals surface area contributed by atoms with E-state index in [9.17, 15) is 9.59 Å². The Kier molecular flexibility index (Phi) is 5.80. The molecule has 3 rings (SSSR count). The first kappa shape index (κ1) is 17.7. The molecular weight excluding hydrogens is 304 g/mol. The second-order valence-corrected chi connectivity index (χ2v) is 8.04. The fourth-order valence-electron chi connectivity index (χ4n) is 4.13. The molecule has 24 heavy (non-hydrogen) atoms. The smallest absolute Gasteiger partial charge is 0.248 e. The fourth-order valence-corrected chi connectivity index (χ4v) is 4.13. The number of piperidine rings is 2. The molecule has 3 fully saturated rings. The maximum absolute atomic E-state index is 12.4. The summed E-state index contributed by atoms with van der Waals surface area (Å²) in [6, 6.07) is 0. The minimum Gasteiger partial charge on any atom is -0.372 e. The highest BCUT2D eigenvalue weighted by molar-refractivity contribution is 5.78. The van der Waals surface area contributed by atoms with Gasteiger partial charge in [-0.05, 0) is 44.4 Å². The van der Waals surface area contributed by atoms with Crippen molar-refractivity contribution in [2.45, 2.75) is 58.3 Å². The van der Waals surface area contributed by atoms with Gasteiger partial charge in [-0.15, -0.1) is 0 Å². The number of likely N-dealkylation sites (tertiary alicyclic amines) is 2. The van der Waals surface area contributed by atoms with Crippen LogP contribution in [-0.4, -0.2) is 61.0 Å². The molecule has 0 N–H and O–H groups in total. The second kappa shape index (κ2) is 7.85. The minimum atomic E-state index is 0.121. The highest BCUT2D eigenvalue weighted by Gasteiger charge is 2.43. The van der Waals surface area contributed by atoms with Crippen molar-refractivity contribution in [2.75, 3.05) is 39.4 Å². The lowest BCUT2D eigenvalue weighted by molar-refractivity contribution is -0.145. The summed E-state index contributed by atoms with van der Waals surface area (Å²) in [7, 11) is 0. The molecule has 5 heteroatoms. The molecule has 0 aromatic heterocycles. The lowest BCUT2D eigenvalue weighted by atomic mass is 9.73. The van der Waals surface area contributed by atoms with Gasteiger partial charge in [0.15, 0.2) is 0 Å². The van der Waals surface area contributed by atoms with Crippen molar-refractivity contribution in [2.24, 2.45) is 11.3 Å². The summed E-state index contributed by atoms with van der Waals surface area (Å²) in [6.07, 6.45) is 8.43. The van der Waals surface area contributed by atoms with E-state index in [4.69, 9.17) is 4.74 Å². The Hall–Kier alpha value is -1.10. The van der Waals surface area contributed by atoms with Gasteiger partial charge in [-0.3, -0.25) is 9.59 Å². The van der Waals surface area contributed by atoms with Gasteiger partial charge in [0, 0.05) is 44.6 Å². The third-order valence-electron chi connectivity index (χ3n) is 5.81. The normalized spacial score (nSPS) is 27.8. The van der Waals surface area contributed by atoms with Crippen molar-refractivity contribution in [1.82, 2.24) is 9.80 Å². The molecule has 0 aromatic carbocycles. The summed E-state index contributed by atoms with van der Waals surface area (Å²) in [4.78, 5) is 28.7. The average molecular weight is 336 g/mol. The Morgan fingerprint density at radius 2 is 2.12 bits per heavy atom. The number of carbonyl (C=O) groups excluding carboxylic acids is 2. The summed E-state index contributed by atoms with van der Waals surface area (Å²) in [5.41, 5.74) is 0.125. The van der Waals surface area contributed by atoms with Gasteiger partial charge < -0.3 is 14.5 Å². The van der Waals surface area contributed by atoms with E-state index in [0.717, 1.165) is 64.2 Å². The van der Waals surface area contributed by atoms with Crippen LogP contribution in [-0.2, 0) is 14.3 Å². The van der Waals surface area contributed by atoms with Crippen LogP contribution >= 0.6 is 0 Å². The maximum atomic E-state index is 12.4. The first-order valence-electron chi connectivity index (χ1n) is 9.75. The molecular formula is C19H32N2O3. The Balaban J connectivity index is 1.53. The number of hydrogen-bond acceptors (Lipinski definition) is 3. The van der Waals surface area contributed by atoms with E-state index in [-0.39, 0.29) is 17.9 Å². The number of unbranched alkanes of at least 4 members (excludes halogenated alkanes) is 1. The number of carbonyl (C=O) groups is 2. The molecule has 1 atom stereocenters. The topological polar surface area (TPSA) is 49.9 Å². The van der Waals surface area contributed by atoms with E-state index in [2.05, 4.69) is 11.8 Å². The number of rotatable bonds is 7. The first-order chi connectivity index (χ1) is 11.6. The number of hydrogen-bond donors (Lipinski definition) is 0. The van der Waals surface area contributed by atoms with Gasteiger partial charge in [-0.1, -0.05) is 13.3 Å². The Morgan fingerprint density at radius 3 is 2.88 bits per heavy atom. The summed E-state index contributed by atoms with van der Waals surface area (Å²) in [5, 5.41) is 0. The molecule has 0 aromatic rings. The molecule has 1 saturated carbocycles. The fraction of sp³-hybridized carbons (Fsp3) is 0.895. The first-order valence-corrected chi connectivity index (χ1v) is 9.75. The lowest BCUT2D eigenvalue weighted by Gasteiger charge is -2.48. The van der Waals surface area contributed by atoms with Crippen LogP contribution in [0, 0.1) is 11.3 Å². The minimum absolute atomic E-state index is 0.121. The van der Waals surface area contributed by atoms with Gasteiger partial charge in [0.2, 0.25) is 11.8 Å².